The van der Waals surface area contributed by atoms with Crippen molar-refractivity contribution < 1.29 is 4.74 Å². The number of ether oxygens (including phenoxy) is 1. The summed E-state index contributed by atoms with van der Waals surface area (Å²) in [6.07, 6.45) is 3.84. The standard InChI is InChI=1S/C16H20N4OS2/c1-19(11-15-17-5-6-20(15)7-8-21-2)10-13-12-23-16(18-13)14-4-3-9-22-14/h3-6,9,12H,7-8,10-11H2,1-2H3. The minimum atomic E-state index is 0.698. The van der Waals surface area contributed by atoms with Gasteiger partial charge in [-0.15, -0.1) is 22.7 Å². The van der Waals surface area contributed by atoms with Crippen LogP contribution in [0, 0.1) is 0 Å². The van der Waals surface area contributed by atoms with Crippen LogP contribution in [0.15, 0.2) is 35.3 Å². The Morgan fingerprint density at radius 1 is 1.30 bits per heavy atom. The molecule has 0 bridgehead atoms. The first kappa shape index (κ1) is 16.3. The fourth-order valence-corrected chi connectivity index (χ4v) is 3.98. The predicted octanol–water partition coefficient (Wildman–Crippen LogP) is 3.35. The Morgan fingerprint density at radius 3 is 3.00 bits per heavy atom. The van der Waals surface area contributed by atoms with Crippen molar-refractivity contribution in [3.63, 3.8) is 0 Å². The highest BCUT2D eigenvalue weighted by Gasteiger charge is 2.10. The second-order valence-electron chi connectivity index (χ2n) is 5.32. The molecule has 7 heteroatoms. The van der Waals surface area contributed by atoms with Crippen LogP contribution < -0.4 is 0 Å². The Hall–Kier alpha value is -1.54. The van der Waals surface area contributed by atoms with Crippen molar-refractivity contribution in [2.24, 2.45) is 0 Å². The molecule has 0 radical (unpaired) electrons. The number of rotatable bonds is 8. The van der Waals surface area contributed by atoms with Crippen molar-refractivity contribution in [1.82, 2.24) is 19.4 Å². The van der Waals surface area contributed by atoms with E-state index in [1.807, 2.05) is 12.4 Å². The van der Waals surface area contributed by atoms with E-state index in [-0.39, 0.29) is 0 Å². The fourth-order valence-electron chi connectivity index (χ4n) is 2.35. The van der Waals surface area contributed by atoms with Gasteiger partial charge in [0.05, 0.1) is 23.7 Å². The fraction of sp³-hybridized carbons (Fsp3) is 0.375. The van der Waals surface area contributed by atoms with Crippen LogP contribution in [0.5, 0.6) is 0 Å². The molecular formula is C16H20N4OS2. The topological polar surface area (TPSA) is 43.2 Å². The van der Waals surface area contributed by atoms with Gasteiger partial charge >= 0.3 is 0 Å². The number of thiophene rings is 1. The molecule has 0 atom stereocenters. The van der Waals surface area contributed by atoms with E-state index in [2.05, 4.69) is 44.4 Å². The van der Waals surface area contributed by atoms with Gasteiger partial charge in [0.2, 0.25) is 0 Å². The Labute approximate surface area is 144 Å². The third kappa shape index (κ3) is 4.26. The normalized spacial score (nSPS) is 11.4. The average Bonchev–Trinajstić information content (AvgIpc) is 3.26. The van der Waals surface area contributed by atoms with Crippen LogP contribution in [0.1, 0.15) is 11.5 Å². The van der Waals surface area contributed by atoms with E-state index in [4.69, 9.17) is 9.72 Å². The molecule has 0 N–H and O–H groups in total. The van der Waals surface area contributed by atoms with Crippen LogP contribution in [0.25, 0.3) is 9.88 Å². The van der Waals surface area contributed by atoms with Gasteiger partial charge in [0.1, 0.15) is 10.8 Å². The molecule has 23 heavy (non-hydrogen) atoms. The first-order chi connectivity index (χ1) is 11.3. The van der Waals surface area contributed by atoms with Gasteiger partial charge in [0.15, 0.2) is 0 Å². The molecule has 3 aromatic heterocycles. The van der Waals surface area contributed by atoms with Crippen molar-refractivity contribution >= 4 is 22.7 Å². The summed E-state index contributed by atoms with van der Waals surface area (Å²) in [6, 6.07) is 4.18. The number of methoxy groups -OCH3 is 1. The Balaban J connectivity index is 1.59. The molecule has 0 aliphatic heterocycles. The van der Waals surface area contributed by atoms with E-state index in [0.717, 1.165) is 36.2 Å². The largest absolute Gasteiger partial charge is 0.383 e. The molecule has 5 nitrogen and oxygen atoms in total. The Morgan fingerprint density at radius 2 is 2.22 bits per heavy atom. The molecule has 0 unspecified atom stereocenters. The maximum atomic E-state index is 5.14. The van der Waals surface area contributed by atoms with Crippen LogP contribution in [-0.2, 0) is 24.4 Å². The molecule has 0 aliphatic carbocycles. The third-order valence-corrected chi connectivity index (χ3v) is 5.40. The Kier molecular flexibility index (Phi) is 5.56. The summed E-state index contributed by atoms with van der Waals surface area (Å²) in [6.45, 7) is 3.14. The second kappa shape index (κ2) is 7.83. The van der Waals surface area contributed by atoms with E-state index in [0.29, 0.717) is 6.61 Å². The SMILES string of the molecule is COCCn1ccnc1CN(C)Cc1csc(-c2cccs2)n1. The van der Waals surface area contributed by atoms with Gasteiger partial charge in [0, 0.05) is 38.0 Å². The average molecular weight is 348 g/mol. The molecule has 3 heterocycles. The maximum absolute atomic E-state index is 5.14. The van der Waals surface area contributed by atoms with Crippen molar-refractivity contribution in [3.05, 3.63) is 46.8 Å². The van der Waals surface area contributed by atoms with Crippen molar-refractivity contribution in [2.75, 3.05) is 20.8 Å². The van der Waals surface area contributed by atoms with Crippen molar-refractivity contribution in [3.8, 4) is 9.88 Å². The van der Waals surface area contributed by atoms with Crippen LogP contribution in [-0.4, -0.2) is 40.2 Å². The molecule has 0 fully saturated rings. The second-order valence-corrected chi connectivity index (χ2v) is 7.13. The molecule has 0 spiro atoms. The molecular weight excluding hydrogens is 328 g/mol. The van der Waals surface area contributed by atoms with Crippen LogP contribution in [0.2, 0.25) is 0 Å². The third-order valence-electron chi connectivity index (χ3n) is 3.46. The van der Waals surface area contributed by atoms with Crippen molar-refractivity contribution in [2.45, 2.75) is 19.6 Å². The highest BCUT2D eigenvalue weighted by Crippen LogP contribution is 2.28. The molecule has 0 saturated heterocycles. The maximum Gasteiger partial charge on any atom is 0.133 e. The summed E-state index contributed by atoms with van der Waals surface area (Å²) in [5.74, 6) is 1.05. The van der Waals surface area contributed by atoms with Gasteiger partial charge in [-0.3, -0.25) is 4.90 Å². The van der Waals surface area contributed by atoms with Gasteiger partial charge < -0.3 is 9.30 Å². The first-order valence-corrected chi connectivity index (χ1v) is 9.18. The summed E-state index contributed by atoms with van der Waals surface area (Å²) in [5.41, 5.74) is 1.11. The smallest absolute Gasteiger partial charge is 0.133 e. The lowest BCUT2D eigenvalue weighted by Crippen LogP contribution is -2.21. The van der Waals surface area contributed by atoms with E-state index in [1.165, 1.54) is 4.88 Å². The number of imidazole rings is 1. The molecule has 3 rings (SSSR count). The van der Waals surface area contributed by atoms with Gasteiger partial charge in [-0.1, -0.05) is 6.07 Å². The van der Waals surface area contributed by atoms with Gasteiger partial charge in [-0.25, -0.2) is 9.97 Å². The summed E-state index contributed by atoms with van der Waals surface area (Å²) in [5, 5.41) is 5.33. The van der Waals surface area contributed by atoms with Crippen LogP contribution >= 0.6 is 22.7 Å². The minimum Gasteiger partial charge on any atom is -0.383 e. The summed E-state index contributed by atoms with van der Waals surface area (Å²) >= 11 is 3.44. The lowest BCUT2D eigenvalue weighted by molar-refractivity contribution is 0.184. The number of hydrogen-bond acceptors (Lipinski definition) is 6. The van der Waals surface area contributed by atoms with Gasteiger partial charge in [0.25, 0.3) is 0 Å². The molecule has 3 aromatic rings. The zero-order chi connectivity index (χ0) is 16.1. The monoisotopic (exact) mass is 348 g/mol. The quantitative estimate of drug-likeness (QED) is 0.626. The van der Waals surface area contributed by atoms with E-state index >= 15 is 0 Å². The molecule has 0 saturated carbocycles. The van der Waals surface area contributed by atoms with E-state index < -0.39 is 0 Å². The summed E-state index contributed by atoms with van der Waals surface area (Å²) < 4.78 is 7.28. The van der Waals surface area contributed by atoms with E-state index in [1.54, 1.807) is 29.8 Å². The predicted molar refractivity (Wildman–Crippen MR) is 94.7 cm³/mol. The lowest BCUT2D eigenvalue weighted by Gasteiger charge is -2.16. The number of nitrogens with zero attached hydrogens (tertiary/aromatic N) is 4. The van der Waals surface area contributed by atoms with Crippen LogP contribution in [0.4, 0.5) is 0 Å². The van der Waals surface area contributed by atoms with Gasteiger partial charge in [-0.05, 0) is 18.5 Å². The van der Waals surface area contributed by atoms with Crippen LogP contribution in [0.3, 0.4) is 0 Å². The molecule has 0 amide bonds. The first-order valence-electron chi connectivity index (χ1n) is 7.42. The molecule has 0 aliphatic rings. The Bertz CT molecular complexity index is 720. The number of aromatic nitrogens is 3. The van der Waals surface area contributed by atoms with E-state index in [9.17, 15) is 0 Å². The van der Waals surface area contributed by atoms with Crippen molar-refractivity contribution in [1.29, 1.82) is 0 Å². The minimum absolute atomic E-state index is 0.698. The molecule has 122 valence electrons. The summed E-state index contributed by atoms with van der Waals surface area (Å²) in [7, 11) is 3.82. The van der Waals surface area contributed by atoms with Gasteiger partial charge in [-0.2, -0.15) is 0 Å². The highest BCUT2D eigenvalue weighted by atomic mass is 32.1. The number of thiazole rings is 1. The summed E-state index contributed by atoms with van der Waals surface area (Å²) in [4.78, 5) is 12.7. The zero-order valence-corrected chi connectivity index (χ0v) is 14.9. The highest BCUT2D eigenvalue weighted by molar-refractivity contribution is 7.20. The lowest BCUT2D eigenvalue weighted by atomic mass is 10.4. The molecule has 0 aromatic carbocycles. The zero-order valence-electron chi connectivity index (χ0n) is 13.3. The number of hydrogen-bond donors (Lipinski definition) is 0.